The summed E-state index contributed by atoms with van der Waals surface area (Å²) in [5.74, 6) is -0.833. The fourth-order valence-corrected chi connectivity index (χ4v) is 0. The summed E-state index contributed by atoms with van der Waals surface area (Å²) in [6.45, 7) is 1.08. The van der Waals surface area contributed by atoms with Crippen molar-refractivity contribution in [3.05, 3.63) is 0 Å². The number of rotatable bonds is 0. The minimum absolute atomic E-state index is 0. The van der Waals surface area contributed by atoms with Crippen molar-refractivity contribution in [2.45, 2.75) is 6.92 Å². The minimum atomic E-state index is -0.833. The Balaban J connectivity index is -0.0000000150. The fraction of sp³-hybridized carbons (Fsp3) is 0.500. The maximum absolute atomic E-state index is 9.00. The van der Waals surface area contributed by atoms with Crippen LogP contribution < -0.4 is 0 Å². The van der Waals surface area contributed by atoms with E-state index in [0.29, 0.717) is 0 Å². The molecule has 0 fully saturated rings. The molecule has 0 aliphatic carbocycles. The zero-order valence-corrected chi connectivity index (χ0v) is 8.38. The first kappa shape index (κ1) is 23.8. The average Bonchev–Trinajstić information content (AvgIpc) is 0.811. The molecule has 1 N–H and O–H groups in total. The Labute approximate surface area is 87.6 Å². The standard InChI is InChI=1S/C2H4O2.Ce.FH.Rh/c1-2(3)4;;;/h1H3,(H,3,4);;1H;. The topological polar surface area (TPSA) is 37.3 Å². The van der Waals surface area contributed by atoms with Gasteiger partial charge in [0.2, 0.25) is 0 Å². The number of carbonyl (C=O) groups is 1. The van der Waals surface area contributed by atoms with E-state index in [1.54, 1.807) is 0 Å². The number of aliphatic carboxylic acids is 1. The molecule has 45 valence electrons. The van der Waals surface area contributed by atoms with Gasteiger partial charge in [-0.1, -0.05) is 0 Å². The first-order chi connectivity index (χ1) is 1.73. The summed E-state index contributed by atoms with van der Waals surface area (Å²) in [5.41, 5.74) is 0. The molecule has 0 rings (SSSR count). The molecule has 0 saturated heterocycles. The molecule has 7 heavy (non-hydrogen) atoms. The molecule has 0 amide bonds. The van der Waals surface area contributed by atoms with Crippen molar-refractivity contribution in [2.75, 3.05) is 0 Å². The smallest absolute Gasteiger partial charge is 0.300 e. The number of halogens is 1. The molecule has 0 saturated carbocycles. The van der Waals surface area contributed by atoms with Crippen molar-refractivity contribution in [3.63, 3.8) is 0 Å². The number of hydrogen-bond acceptors (Lipinski definition) is 1. The molecular weight excluding hydrogens is 318 g/mol. The van der Waals surface area contributed by atoms with Crippen LogP contribution in [0.15, 0.2) is 0 Å². The molecule has 0 atom stereocenters. The molecular formula is C2H5CeFO2Rh. The van der Waals surface area contributed by atoms with Gasteiger partial charge in [-0.25, -0.2) is 0 Å². The predicted molar refractivity (Wildman–Crippen MR) is 15.8 cm³/mol. The third-order valence-electron chi connectivity index (χ3n) is 0. The SMILES string of the molecule is CC(=O)O.F.[Ce].[Rh]. The molecule has 0 aliphatic heterocycles. The zero-order chi connectivity index (χ0) is 3.58. The molecule has 0 bridgehead atoms. The molecule has 0 aromatic rings. The minimum Gasteiger partial charge on any atom is -0.481 e. The summed E-state index contributed by atoms with van der Waals surface area (Å²) >= 11 is 0. The molecule has 0 spiro atoms. The quantitative estimate of drug-likeness (QED) is 0.649. The molecule has 0 aromatic carbocycles. The maximum atomic E-state index is 9.00. The summed E-state index contributed by atoms with van der Waals surface area (Å²) in [6.07, 6.45) is 0. The normalized spacial score (nSPS) is 3.57. The van der Waals surface area contributed by atoms with E-state index in [1.165, 1.54) is 0 Å². The number of carboxylic acid groups (broad SMARTS) is 1. The summed E-state index contributed by atoms with van der Waals surface area (Å²) < 4.78 is 0. The van der Waals surface area contributed by atoms with Gasteiger partial charge in [0.15, 0.2) is 0 Å². The third-order valence-corrected chi connectivity index (χ3v) is 0. The molecule has 5 heteroatoms. The molecule has 0 heterocycles. The monoisotopic (exact) mass is 323 g/mol. The van der Waals surface area contributed by atoms with Crippen LogP contribution in [0.25, 0.3) is 0 Å². The summed E-state index contributed by atoms with van der Waals surface area (Å²) in [4.78, 5) is 9.00. The summed E-state index contributed by atoms with van der Waals surface area (Å²) in [5, 5.41) is 7.42. The van der Waals surface area contributed by atoms with Crippen molar-refractivity contribution >= 4 is 5.97 Å². The maximum Gasteiger partial charge on any atom is 0.300 e. The van der Waals surface area contributed by atoms with E-state index in [2.05, 4.69) is 0 Å². The molecule has 1 radical (unpaired) electrons. The van der Waals surface area contributed by atoms with Crippen molar-refractivity contribution in [3.8, 4) is 0 Å². The Hall–Kier alpha value is 1.40. The second kappa shape index (κ2) is 15.7. The zero-order valence-electron chi connectivity index (χ0n) is 3.60. The predicted octanol–water partition coefficient (Wildman–Crippen LogP) is 0.241. The van der Waals surface area contributed by atoms with E-state index in [0.717, 1.165) is 6.92 Å². The third kappa shape index (κ3) is 110. The van der Waals surface area contributed by atoms with E-state index in [1.807, 2.05) is 0 Å². The Morgan fingerprint density at radius 1 is 1.57 bits per heavy atom. The van der Waals surface area contributed by atoms with Crippen molar-refractivity contribution in [2.24, 2.45) is 0 Å². The van der Waals surface area contributed by atoms with E-state index in [9.17, 15) is 0 Å². The van der Waals surface area contributed by atoms with Gasteiger partial charge < -0.3 is 5.11 Å². The van der Waals surface area contributed by atoms with Gasteiger partial charge in [-0.3, -0.25) is 9.50 Å². The largest absolute Gasteiger partial charge is 0.481 e. The Morgan fingerprint density at radius 2 is 1.57 bits per heavy atom. The second-order valence-corrected chi connectivity index (χ2v) is 0.519. The summed E-state index contributed by atoms with van der Waals surface area (Å²) in [7, 11) is 0. The fourth-order valence-electron chi connectivity index (χ4n) is 0. The molecule has 0 aliphatic rings. The van der Waals surface area contributed by atoms with Gasteiger partial charge in [0.1, 0.15) is 0 Å². The van der Waals surface area contributed by atoms with Crippen molar-refractivity contribution < 1.29 is 75.8 Å². The first-order valence-electron chi connectivity index (χ1n) is 0.928. The van der Waals surface area contributed by atoms with Crippen LogP contribution in [-0.2, 0) is 24.3 Å². The Bertz CT molecular complexity index is 38.7. The van der Waals surface area contributed by atoms with E-state index < -0.39 is 5.97 Å². The van der Waals surface area contributed by atoms with Crippen LogP contribution in [0.5, 0.6) is 0 Å². The van der Waals surface area contributed by atoms with Gasteiger partial charge >= 0.3 is 0 Å². The number of carboxylic acids is 1. The van der Waals surface area contributed by atoms with Crippen molar-refractivity contribution in [1.29, 1.82) is 0 Å². The van der Waals surface area contributed by atoms with Crippen LogP contribution in [0.3, 0.4) is 0 Å². The average molecular weight is 323 g/mol. The molecule has 0 aromatic heterocycles. The van der Waals surface area contributed by atoms with E-state index >= 15 is 0 Å². The number of hydrogen-bond donors (Lipinski definition) is 1. The van der Waals surface area contributed by atoms with Gasteiger partial charge in [-0.15, -0.1) is 0 Å². The van der Waals surface area contributed by atoms with Gasteiger partial charge in [-0.2, -0.15) is 0 Å². The first-order valence-corrected chi connectivity index (χ1v) is 0.928. The van der Waals surface area contributed by atoms with Gasteiger partial charge in [0, 0.05) is 68.1 Å². The van der Waals surface area contributed by atoms with E-state index in [-0.39, 0.29) is 65.9 Å². The molecule has 2 nitrogen and oxygen atoms in total. The second-order valence-electron chi connectivity index (χ2n) is 0.519. The molecule has 0 unspecified atom stereocenters. The van der Waals surface area contributed by atoms with Crippen LogP contribution in [0.1, 0.15) is 6.92 Å². The van der Waals surface area contributed by atoms with Crippen LogP contribution in [0.4, 0.5) is 4.70 Å². The Morgan fingerprint density at radius 3 is 1.57 bits per heavy atom. The van der Waals surface area contributed by atoms with Gasteiger partial charge in [0.25, 0.3) is 5.97 Å². The van der Waals surface area contributed by atoms with Crippen LogP contribution >= 0.6 is 0 Å². The van der Waals surface area contributed by atoms with Crippen LogP contribution in [0, 0.1) is 41.7 Å². The van der Waals surface area contributed by atoms with Gasteiger partial charge in [-0.05, 0) is 0 Å². The van der Waals surface area contributed by atoms with E-state index in [4.69, 9.17) is 9.90 Å². The van der Waals surface area contributed by atoms with Crippen molar-refractivity contribution in [1.82, 2.24) is 0 Å². The Kier molecular flexibility index (Phi) is 53.1. The van der Waals surface area contributed by atoms with Crippen LogP contribution in [0.2, 0.25) is 0 Å². The van der Waals surface area contributed by atoms with Gasteiger partial charge in [0.05, 0.1) is 0 Å². The van der Waals surface area contributed by atoms with Crippen LogP contribution in [-0.4, -0.2) is 11.1 Å². The summed E-state index contributed by atoms with van der Waals surface area (Å²) in [6, 6.07) is 0.